The number of aliphatic carboxylic acids is 1. The van der Waals surface area contributed by atoms with E-state index in [1.807, 2.05) is 39.9 Å². The zero-order valence-corrected chi connectivity index (χ0v) is 15.4. The molecule has 27 heavy (non-hydrogen) atoms. The number of piperidine rings is 1. The van der Waals surface area contributed by atoms with Crippen LogP contribution in [0.3, 0.4) is 0 Å². The van der Waals surface area contributed by atoms with Gasteiger partial charge in [0.25, 0.3) is 5.91 Å². The summed E-state index contributed by atoms with van der Waals surface area (Å²) in [6.45, 7) is 1.37. The summed E-state index contributed by atoms with van der Waals surface area (Å²) in [6, 6.07) is 9.98. The van der Waals surface area contributed by atoms with Crippen LogP contribution in [0.25, 0.3) is 5.69 Å². The van der Waals surface area contributed by atoms with Crippen LogP contribution < -0.4 is 0 Å². The molecule has 2 heterocycles. The molecule has 1 aromatic heterocycles. The summed E-state index contributed by atoms with van der Waals surface area (Å²) in [6.07, 6.45) is 5.64. The van der Waals surface area contributed by atoms with Gasteiger partial charge in [0.15, 0.2) is 5.69 Å². The Labute approximate surface area is 158 Å². The number of nitrogens with zero attached hydrogens (tertiary/aromatic N) is 3. The van der Waals surface area contributed by atoms with E-state index in [-0.39, 0.29) is 18.2 Å². The van der Waals surface area contributed by atoms with Crippen molar-refractivity contribution < 1.29 is 14.7 Å². The Hall–Kier alpha value is -2.63. The number of benzene rings is 1. The molecule has 142 valence electrons. The third kappa shape index (κ3) is 3.61. The quantitative estimate of drug-likeness (QED) is 0.881. The largest absolute Gasteiger partial charge is 0.481 e. The molecule has 0 bridgehead atoms. The minimum atomic E-state index is -0.766. The van der Waals surface area contributed by atoms with Gasteiger partial charge in [0.2, 0.25) is 0 Å². The van der Waals surface area contributed by atoms with E-state index in [1.165, 1.54) is 0 Å². The third-order valence-electron chi connectivity index (χ3n) is 5.71. The highest BCUT2D eigenvalue weighted by molar-refractivity contribution is 5.94. The van der Waals surface area contributed by atoms with E-state index in [2.05, 4.69) is 0 Å². The number of rotatable bonds is 5. The fourth-order valence-electron chi connectivity index (χ4n) is 4.35. The van der Waals surface area contributed by atoms with Gasteiger partial charge in [-0.15, -0.1) is 0 Å². The molecule has 2 aromatic rings. The van der Waals surface area contributed by atoms with Crippen LogP contribution in [-0.4, -0.2) is 44.8 Å². The van der Waals surface area contributed by atoms with Gasteiger partial charge in [-0.05, 0) is 56.6 Å². The van der Waals surface area contributed by atoms with E-state index in [1.54, 1.807) is 0 Å². The van der Waals surface area contributed by atoms with Crippen LogP contribution in [0.2, 0.25) is 0 Å². The summed E-state index contributed by atoms with van der Waals surface area (Å²) in [4.78, 5) is 26.0. The smallest absolute Gasteiger partial charge is 0.303 e. The van der Waals surface area contributed by atoms with E-state index in [0.717, 1.165) is 55.6 Å². The summed E-state index contributed by atoms with van der Waals surface area (Å²) in [5.41, 5.74) is 3.83. The molecule has 1 N–H and O–H groups in total. The molecule has 1 aliphatic carbocycles. The Kier molecular flexibility index (Phi) is 4.97. The Balaban J connectivity index is 1.56. The number of likely N-dealkylation sites (tertiary alicyclic amines) is 1. The standard InChI is InChI=1S/C21H25N3O3/c25-19(26)12-11-15-6-5-13-23(14-15)21(27)20-17-9-4-10-18(17)24(22-20)16-7-2-1-3-8-16/h1-3,7-8,15H,4-6,9-14H2,(H,25,26)/t15-/m1/s1. The van der Waals surface area contributed by atoms with Gasteiger partial charge >= 0.3 is 5.97 Å². The van der Waals surface area contributed by atoms with Gasteiger partial charge in [0.1, 0.15) is 0 Å². The van der Waals surface area contributed by atoms with E-state index >= 15 is 0 Å². The predicted molar refractivity (Wildman–Crippen MR) is 101 cm³/mol. The van der Waals surface area contributed by atoms with E-state index in [0.29, 0.717) is 18.7 Å². The number of para-hydroxylation sites is 1. The highest BCUT2D eigenvalue weighted by Crippen LogP contribution is 2.30. The normalized spacial score (nSPS) is 19.1. The van der Waals surface area contributed by atoms with Crippen molar-refractivity contribution in [2.24, 2.45) is 5.92 Å². The van der Waals surface area contributed by atoms with Crippen LogP contribution in [0.1, 0.15) is 53.8 Å². The first-order valence-corrected chi connectivity index (χ1v) is 9.80. The average Bonchev–Trinajstić information content (AvgIpc) is 3.29. The van der Waals surface area contributed by atoms with Crippen LogP contribution >= 0.6 is 0 Å². The molecular weight excluding hydrogens is 342 g/mol. The highest BCUT2D eigenvalue weighted by Gasteiger charge is 2.31. The van der Waals surface area contributed by atoms with Gasteiger partial charge in [-0.25, -0.2) is 4.68 Å². The second-order valence-electron chi connectivity index (χ2n) is 7.57. The van der Waals surface area contributed by atoms with Crippen molar-refractivity contribution in [3.8, 4) is 5.69 Å². The van der Waals surface area contributed by atoms with Crippen LogP contribution in [0, 0.1) is 5.92 Å². The number of carboxylic acids is 1. The average molecular weight is 367 g/mol. The first kappa shape index (κ1) is 17.8. The summed E-state index contributed by atoms with van der Waals surface area (Å²) >= 11 is 0. The molecule has 2 aliphatic rings. The molecule has 1 fully saturated rings. The molecule has 1 saturated heterocycles. The highest BCUT2D eigenvalue weighted by atomic mass is 16.4. The third-order valence-corrected chi connectivity index (χ3v) is 5.71. The van der Waals surface area contributed by atoms with Gasteiger partial charge in [-0.2, -0.15) is 5.10 Å². The zero-order valence-electron chi connectivity index (χ0n) is 15.4. The topological polar surface area (TPSA) is 75.4 Å². The van der Waals surface area contributed by atoms with Crippen molar-refractivity contribution in [1.29, 1.82) is 0 Å². The Morgan fingerprint density at radius 3 is 2.74 bits per heavy atom. The maximum absolute atomic E-state index is 13.2. The molecule has 4 rings (SSSR count). The number of carboxylic acid groups (broad SMARTS) is 1. The first-order valence-electron chi connectivity index (χ1n) is 9.80. The lowest BCUT2D eigenvalue weighted by Gasteiger charge is -2.32. The molecule has 0 spiro atoms. The maximum Gasteiger partial charge on any atom is 0.303 e. The van der Waals surface area contributed by atoms with Crippen molar-refractivity contribution >= 4 is 11.9 Å². The molecule has 0 unspecified atom stereocenters. The fourth-order valence-corrected chi connectivity index (χ4v) is 4.35. The van der Waals surface area contributed by atoms with Gasteiger partial charge < -0.3 is 10.0 Å². The second kappa shape index (κ2) is 7.55. The van der Waals surface area contributed by atoms with Crippen LogP contribution in [0.15, 0.2) is 30.3 Å². The zero-order chi connectivity index (χ0) is 18.8. The number of aromatic nitrogens is 2. The van der Waals surface area contributed by atoms with E-state index < -0.39 is 5.97 Å². The number of carbonyl (C=O) groups excluding carboxylic acids is 1. The van der Waals surface area contributed by atoms with Crippen molar-refractivity contribution in [3.05, 3.63) is 47.3 Å². The van der Waals surface area contributed by atoms with Gasteiger partial charge in [-0.3, -0.25) is 9.59 Å². The lowest BCUT2D eigenvalue weighted by Crippen LogP contribution is -2.40. The molecule has 6 heteroatoms. The van der Waals surface area contributed by atoms with Crippen LogP contribution in [-0.2, 0) is 17.6 Å². The SMILES string of the molecule is O=C(O)CC[C@H]1CCCN(C(=O)c2nn(-c3ccccc3)c3c2CCC3)C1. The molecule has 0 saturated carbocycles. The fraction of sp³-hybridized carbons (Fsp3) is 0.476. The number of fused-ring (bicyclic) bond motifs is 1. The number of amides is 1. The summed E-state index contributed by atoms with van der Waals surface area (Å²) in [7, 11) is 0. The number of carbonyl (C=O) groups is 2. The Morgan fingerprint density at radius 2 is 1.96 bits per heavy atom. The molecule has 1 aliphatic heterocycles. The Morgan fingerprint density at radius 1 is 1.15 bits per heavy atom. The minimum absolute atomic E-state index is 0.00264. The first-order chi connectivity index (χ1) is 13.1. The minimum Gasteiger partial charge on any atom is -0.481 e. The predicted octanol–water partition coefficient (Wildman–Crippen LogP) is 3.08. The lowest BCUT2D eigenvalue weighted by atomic mass is 9.93. The summed E-state index contributed by atoms with van der Waals surface area (Å²) in [5, 5.41) is 13.6. The maximum atomic E-state index is 13.2. The lowest BCUT2D eigenvalue weighted by molar-refractivity contribution is -0.137. The number of hydrogen-bond donors (Lipinski definition) is 1. The van der Waals surface area contributed by atoms with Crippen molar-refractivity contribution in [1.82, 2.24) is 14.7 Å². The molecule has 1 amide bonds. The van der Waals surface area contributed by atoms with Crippen molar-refractivity contribution in [2.45, 2.75) is 44.9 Å². The monoisotopic (exact) mass is 367 g/mol. The van der Waals surface area contributed by atoms with Crippen molar-refractivity contribution in [2.75, 3.05) is 13.1 Å². The molecular formula is C21H25N3O3. The van der Waals surface area contributed by atoms with Gasteiger partial charge in [0, 0.05) is 30.8 Å². The number of hydrogen-bond acceptors (Lipinski definition) is 3. The molecule has 1 aromatic carbocycles. The molecule has 0 radical (unpaired) electrons. The summed E-state index contributed by atoms with van der Waals surface area (Å²) in [5.74, 6) is -0.496. The van der Waals surface area contributed by atoms with E-state index in [4.69, 9.17) is 10.2 Å². The van der Waals surface area contributed by atoms with Gasteiger partial charge in [0.05, 0.1) is 5.69 Å². The molecule has 6 nitrogen and oxygen atoms in total. The Bertz CT molecular complexity index is 844. The van der Waals surface area contributed by atoms with Crippen LogP contribution in [0.4, 0.5) is 0 Å². The van der Waals surface area contributed by atoms with E-state index in [9.17, 15) is 9.59 Å². The van der Waals surface area contributed by atoms with Crippen molar-refractivity contribution in [3.63, 3.8) is 0 Å². The molecule has 1 atom stereocenters. The van der Waals surface area contributed by atoms with Gasteiger partial charge in [-0.1, -0.05) is 18.2 Å². The van der Waals surface area contributed by atoms with Crippen LogP contribution in [0.5, 0.6) is 0 Å². The second-order valence-corrected chi connectivity index (χ2v) is 7.57. The summed E-state index contributed by atoms with van der Waals surface area (Å²) < 4.78 is 1.93.